The van der Waals surface area contributed by atoms with Crippen LogP contribution in [0, 0.1) is 11.3 Å². The molecule has 1 aliphatic heterocycles. The van der Waals surface area contributed by atoms with Crippen molar-refractivity contribution in [3.63, 3.8) is 0 Å². The Labute approximate surface area is 180 Å². The summed E-state index contributed by atoms with van der Waals surface area (Å²) in [4.78, 5) is 15.2. The average Bonchev–Trinajstić information content (AvgIpc) is 3.50. The summed E-state index contributed by atoms with van der Waals surface area (Å²) < 4.78 is 0. The third-order valence-corrected chi connectivity index (χ3v) is 7.71. The van der Waals surface area contributed by atoms with Crippen molar-refractivity contribution in [3.8, 4) is 0 Å². The lowest BCUT2D eigenvalue weighted by atomic mass is 9.90. The van der Waals surface area contributed by atoms with Crippen LogP contribution in [0.1, 0.15) is 56.9 Å². The van der Waals surface area contributed by atoms with E-state index < -0.39 is 0 Å². The largest absolute Gasteiger partial charge is 0.356 e. The molecule has 3 heteroatoms. The molecule has 5 rings (SSSR count). The standard InChI is InChI=1S/C27H34N2O/c30-26(28-15-12-21-6-2-1-3-7-21)25-19-27(25)13-16-29(17-14-27)20-22-10-11-23-8-4-5-9-24(23)18-22/h4-6,8-11,18,25H,1-3,7,12-17,19-20H2,(H,28,30). The Morgan fingerprint density at radius 3 is 2.70 bits per heavy atom. The van der Waals surface area contributed by atoms with Gasteiger partial charge >= 0.3 is 0 Å². The number of amides is 1. The minimum absolute atomic E-state index is 0.264. The predicted molar refractivity (Wildman–Crippen MR) is 123 cm³/mol. The van der Waals surface area contributed by atoms with Gasteiger partial charge in [0.1, 0.15) is 0 Å². The van der Waals surface area contributed by atoms with E-state index in [1.54, 1.807) is 5.57 Å². The maximum Gasteiger partial charge on any atom is 0.223 e. The number of rotatable bonds is 6. The van der Waals surface area contributed by atoms with Crippen LogP contribution in [0.25, 0.3) is 10.8 Å². The van der Waals surface area contributed by atoms with E-state index in [9.17, 15) is 4.79 Å². The van der Waals surface area contributed by atoms with E-state index in [0.717, 1.165) is 39.0 Å². The number of hydrogen-bond donors (Lipinski definition) is 1. The van der Waals surface area contributed by atoms with Crippen LogP contribution in [0.2, 0.25) is 0 Å². The highest BCUT2D eigenvalue weighted by Crippen LogP contribution is 2.59. The Morgan fingerprint density at radius 1 is 1.07 bits per heavy atom. The molecule has 1 amide bonds. The van der Waals surface area contributed by atoms with Crippen LogP contribution in [0.15, 0.2) is 54.1 Å². The van der Waals surface area contributed by atoms with Gasteiger partial charge in [-0.05, 0) is 92.3 Å². The van der Waals surface area contributed by atoms with Gasteiger partial charge in [-0.2, -0.15) is 0 Å². The second-order valence-corrected chi connectivity index (χ2v) is 9.73. The number of likely N-dealkylation sites (tertiary alicyclic amines) is 1. The summed E-state index contributed by atoms with van der Waals surface area (Å²) in [5.74, 6) is 0.579. The highest BCUT2D eigenvalue weighted by molar-refractivity contribution is 5.83. The molecule has 1 unspecified atom stereocenters. The molecule has 2 aliphatic carbocycles. The number of hydrogen-bond acceptors (Lipinski definition) is 2. The fourth-order valence-electron chi connectivity index (χ4n) is 5.62. The smallest absolute Gasteiger partial charge is 0.223 e. The Morgan fingerprint density at radius 2 is 1.90 bits per heavy atom. The Hall–Kier alpha value is -2.13. The van der Waals surface area contributed by atoms with E-state index >= 15 is 0 Å². The lowest BCUT2D eigenvalue weighted by Gasteiger charge is -2.33. The van der Waals surface area contributed by atoms with E-state index in [1.165, 1.54) is 54.9 Å². The van der Waals surface area contributed by atoms with Gasteiger partial charge in [-0.15, -0.1) is 0 Å². The fourth-order valence-corrected chi connectivity index (χ4v) is 5.62. The summed E-state index contributed by atoms with van der Waals surface area (Å²) >= 11 is 0. The molecule has 1 saturated heterocycles. The lowest BCUT2D eigenvalue weighted by Crippen LogP contribution is -2.37. The van der Waals surface area contributed by atoms with Gasteiger partial charge < -0.3 is 5.32 Å². The molecule has 158 valence electrons. The second kappa shape index (κ2) is 8.55. The maximum atomic E-state index is 12.7. The number of piperidine rings is 1. The molecule has 2 aromatic rings. The molecule has 1 saturated carbocycles. The molecule has 1 spiro atoms. The normalized spacial score (nSPS) is 23.3. The number of nitrogens with one attached hydrogen (secondary N) is 1. The van der Waals surface area contributed by atoms with Crippen LogP contribution in [0.4, 0.5) is 0 Å². The molecule has 1 atom stereocenters. The first-order valence-corrected chi connectivity index (χ1v) is 11.9. The molecule has 30 heavy (non-hydrogen) atoms. The zero-order valence-electron chi connectivity index (χ0n) is 18.0. The van der Waals surface area contributed by atoms with Crippen molar-refractivity contribution < 1.29 is 4.79 Å². The molecule has 2 fully saturated rings. The van der Waals surface area contributed by atoms with Crippen molar-refractivity contribution >= 4 is 16.7 Å². The lowest BCUT2D eigenvalue weighted by molar-refractivity contribution is -0.123. The van der Waals surface area contributed by atoms with Crippen LogP contribution < -0.4 is 5.32 Å². The summed E-state index contributed by atoms with van der Waals surface area (Å²) in [6.45, 7) is 4.07. The quantitative estimate of drug-likeness (QED) is 0.652. The van der Waals surface area contributed by atoms with Crippen LogP contribution in [-0.2, 0) is 11.3 Å². The molecule has 0 bridgehead atoms. The number of carbonyl (C=O) groups is 1. The number of benzene rings is 2. The van der Waals surface area contributed by atoms with Crippen molar-refractivity contribution in [2.24, 2.45) is 11.3 Å². The Balaban J connectivity index is 1.08. The molecule has 1 heterocycles. The third kappa shape index (κ3) is 4.32. The Kier molecular flexibility index (Phi) is 5.64. The molecule has 3 aliphatic rings. The van der Waals surface area contributed by atoms with Crippen molar-refractivity contribution in [2.75, 3.05) is 19.6 Å². The SMILES string of the molecule is O=C(NCCC1=CCCCC1)C1CC12CCN(Cc1ccc3ccccc3c1)CC2. The van der Waals surface area contributed by atoms with Crippen molar-refractivity contribution in [1.82, 2.24) is 10.2 Å². The maximum absolute atomic E-state index is 12.7. The zero-order valence-corrected chi connectivity index (χ0v) is 18.0. The topological polar surface area (TPSA) is 32.3 Å². The summed E-state index contributed by atoms with van der Waals surface area (Å²) in [6, 6.07) is 15.4. The van der Waals surface area contributed by atoms with Gasteiger partial charge in [-0.3, -0.25) is 9.69 Å². The molecule has 2 aromatic carbocycles. The van der Waals surface area contributed by atoms with E-state index in [0.29, 0.717) is 11.3 Å². The second-order valence-electron chi connectivity index (χ2n) is 9.73. The fraction of sp³-hybridized carbons (Fsp3) is 0.519. The summed E-state index contributed by atoms with van der Waals surface area (Å²) in [5.41, 5.74) is 3.24. The zero-order chi connectivity index (χ0) is 20.4. The van der Waals surface area contributed by atoms with E-state index in [-0.39, 0.29) is 5.92 Å². The first kappa shape index (κ1) is 19.8. The van der Waals surface area contributed by atoms with E-state index in [2.05, 4.69) is 58.8 Å². The van der Waals surface area contributed by atoms with Gasteiger partial charge in [0.25, 0.3) is 0 Å². The van der Waals surface area contributed by atoms with Gasteiger partial charge in [-0.25, -0.2) is 0 Å². The van der Waals surface area contributed by atoms with Gasteiger partial charge in [0, 0.05) is 19.0 Å². The van der Waals surface area contributed by atoms with Crippen LogP contribution in [0.3, 0.4) is 0 Å². The van der Waals surface area contributed by atoms with Gasteiger partial charge in [-0.1, -0.05) is 48.0 Å². The van der Waals surface area contributed by atoms with E-state index in [4.69, 9.17) is 0 Å². The van der Waals surface area contributed by atoms with Crippen molar-refractivity contribution in [3.05, 3.63) is 59.7 Å². The number of fused-ring (bicyclic) bond motifs is 1. The molecule has 1 N–H and O–H groups in total. The predicted octanol–water partition coefficient (Wildman–Crippen LogP) is 5.45. The van der Waals surface area contributed by atoms with Crippen molar-refractivity contribution in [2.45, 2.75) is 57.9 Å². The average molecular weight is 403 g/mol. The van der Waals surface area contributed by atoms with Gasteiger partial charge in [0.2, 0.25) is 5.91 Å². The van der Waals surface area contributed by atoms with Crippen LogP contribution in [-0.4, -0.2) is 30.4 Å². The number of carbonyl (C=O) groups excluding carboxylic acids is 1. The summed E-state index contributed by atoms with van der Waals surface area (Å²) in [7, 11) is 0. The monoisotopic (exact) mass is 402 g/mol. The van der Waals surface area contributed by atoms with Crippen molar-refractivity contribution in [1.29, 1.82) is 0 Å². The molecule has 0 aromatic heterocycles. The minimum atomic E-state index is 0.264. The first-order valence-electron chi connectivity index (χ1n) is 11.9. The van der Waals surface area contributed by atoms with Crippen LogP contribution in [0.5, 0.6) is 0 Å². The molecule has 0 radical (unpaired) electrons. The van der Waals surface area contributed by atoms with E-state index in [1.807, 2.05) is 0 Å². The van der Waals surface area contributed by atoms with Crippen LogP contribution >= 0.6 is 0 Å². The van der Waals surface area contributed by atoms with Gasteiger partial charge in [0.05, 0.1) is 0 Å². The highest BCUT2D eigenvalue weighted by atomic mass is 16.2. The number of nitrogens with zero attached hydrogens (tertiary/aromatic N) is 1. The Bertz CT molecular complexity index is 939. The molecular formula is C27H34N2O. The minimum Gasteiger partial charge on any atom is -0.356 e. The first-order chi connectivity index (χ1) is 14.7. The molecule has 3 nitrogen and oxygen atoms in total. The molecular weight excluding hydrogens is 368 g/mol. The summed E-state index contributed by atoms with van der Waals surface area (Å²) in [5, 5.41) is 5.87. The van der Waals surface area contributed by atoms with Gasteiger partial charge in [0.15, 0.2) is 0 Å². The highest BCUT2D eigenvalue weighted by Gasteiger charge is 2.58. The summed E-state index contributed by atoms with van der Waals surface area (Å²) in [6.07, 6.45) is 12.0. The third-order valence-electron chi connectivity index (χ3n) is 7.71. The number of allylic oxidation sites excluding steroid dienone is 1.